The number of carboxylic acids is 1. The molecule has 0 bridgehead atoms. The van der Waals surface area contributed by atoms with E-state index in [1.807, 2.05) is 31.2 Å². The van der Waals surface area contributed by atoms with Crippen molar-refractivity contribution in [3.8, 4) is 0 Å². The quantitative estimate of drug-likeness (QED) is 0.170. The van der Waals surface area contributed by atoms with Crippen molar-refractivity contribution >= 4 is 34.6 Å². The number of nitrogens with zero attached hydrogens (tertiary/aromatic N) is 1. The number of H-pyrrole nitrogens is 2. The summed E-state index contributed by atoms with van der Waals surface area (Å²) in [5, 5.41) is 17.9. The highest BCUT2D eigenvalue weighted by molar-refractivity contribution is 5.93. The van der Waals surface area contributed by atoms with Gasteiger partial charge in [-0.2, -0.15) is 0 Å². The summed E-state index contributed by atoms with van der Waals surface area (Å²) in [6.07, 6.45) is 5.67. The average molecular weight is 512 g/mol. The van der Waals surface area contributed by atoms with Gasteiger partial charge in [-0.1, -0.05) is 38.5 Å². The minimum atomic E-state index is -1.15. The third-order valence-corrected chi connectivity index (χ3v) is 6.28. The largest absolute Gasteiger partial charge is 0.480 e. The Bertz CT molecular complexity index is 1220. The molecule has 8 N–H and O–H groups in total. The molecule has 0 aliphatic heterocycles. The Morgan fingerprint density at radius 1 is 1.08 bits per heavy atom. The molecule has 0 radical (unpaired) electrons. The summed E-state index contributed by atoms with van der Waals surface area (Å²) in [4.78, 5) is 59.6. The second kappa shape index (κ2) is 12.7. The number of nitrogens with one attached hydrogen (secondary N) is 5. The van der Waals surface area contributed by atoms with E-state index >= 15 is 0 Å². The van der Waals surface area contributed by atoms with Crippen molar-refractivity contribution in [1.29, 1.82) is 0 Å². The topological polar surface area (TPSA) is 195 Å². The van der Waals surface area contributed by atoms with Gasteiger partial charge < -0.3 is 36.8 Å². The molecule has 0 saturated heterocycles. The molecule has 0 spiro atoms. The number of aromatic nitrogens is 3. The van der Waals surface area contributed by atoms with Crippen molar-refractivity contribution in [3.63, 3.8) is 0 Å². The van der Waals surface area contributed by atoms with Crippen LogP contribution in [0.2, 0.25) is 0 Å². The first kappa shape index (κ1) is 27.4. The summed E-state index contributed by atoms with van der Waals surface area (Å²) < 4.78 is 0. The van der Waals surface area contributed by atoms with Gasteiger partial charge in [0, 0.05) is 35.4 Å². The second-order valence-corrected chi connectivity index (χ2v) is 9.00. The number of amides is 3. The van der Waals surface area contributed by atoms with Gasteiger partial charge in [0.1, 0.15) is 12.1 Å². The zero-order valence-corrected chi connectivity index (χ0v) is 20.8. The van der Waals surface area contributed by atoms with Crippen LogP contribution in [-0.4, -0.2) is 68.4 Å². The molecule has 12 heteroatoms. The van der Waals surface area contributed by atoms with Crippen LogP contribution in [0.3, 0.4) is 0 Å². The van der Waals surface area contributed by atoms with Crippen LogP contribution in [0.5, 0.6) is 0 Å². The number of carbonyl (C=O) groups excluding carboxylic acids is 3. The normalized spacial score (nSPS) is 14.4. The zero-order chi connectivity index (χ0) is 26.9. The van der Waals surface area contributed by atoms with Gasteiger partial charge in [-0.3, -0.25) is 14.4 Å². The summed E-state index contributed by atoms with van der Waals surface area (Å²) in [7, 11) is 0. The predicted octanol–water partition coefficient (Wildman–Crippen LogP) is 0.220. The number of imidazole rings is 1. The molecule has 12 nitrogen and oxygen atoms in total. The monoisotopic (exact) mass is 511 g/mol. The predicted molar refractivity (Wildman–Crippen MR) is 136 cm³/mol. The standard InChI is InChI=1S/C25H33N7O5/c1-3-14(2)22(25(36)37)32-21(33)12-29-24(35)20(9-16-11-27-13-30-16)31-23(34)18(26)8-15-10-28-19-7-5-4-6-17(15)19/h4-7,10-11,13-14,18,20,22,28H,3,8-9,12,26H2,1-2H3,(H,27,30)(H,29,35)(H,31,34)(H,32,33)(H,36,37). The number of carbonyl (C=O) groups is 4. The highest BCUT2D eigenvalue weighted by atomic mass is 16.4. The third-order valence-electron chi connectivity index (χ3n) is 6.28. The van der Waals surface area contributed by atoms with Gasteiger partial charge in [0.2, 0.25) is 17.7 Å². The molecule has 0 saturated carbocycles. The molecular weight excluding hydrogens is 478 g/mol. The van der Waals surface area contributed by atoms with E-state index in [1.165, 1.54) is 12.5 Å². The lowest BCUT2D eigenvalue weighted by Crippen LogP contribution is -2.55. The molecule has 1 aromatic carbocycles. The van der Waals surface area contributed by atoms with E-state index in [0.717, 1.165) is 16.5 Å². The van der Waals surface area contributed by atoms with Crippen LogP contribution in [0.25, 0.3) is 10.9 Å². The first-order chi connectivity index (χ1) is 17.7. The number of benzene rings is 1. The van der Waals surface area contributed by atoms with Gasteiger partial charge in [0.05, 0.1) is 18.9 Å². The molecule has 2 aromatic heterocycles. The number of fused-ring (bicyclic) bond motifs is 1. The van der Waals surface area contributed by atoms with Crippen LogP contribution in [0, 0.1) is 5.92 Å². The summed E-state index contributed by atoms with van der Waals surface area (Å²) in [5.74, 6) is -3.24. The molecule has 37 heavy (non-hydrogen) atoms. The van der Waals surface area contributed by atoms with Crippen molar-refractivity contribution in [1.82, 2.24) is 30.9 Å². The van der Waals surface area contributed by atoms with Gasteiger partial charge in [-0.05, 0) is 24.0 Å². The summed E-state index contributed by atoms with van der Waals surface area (Å²) >= 11 is 0. The molecule has 4 unspecified atom stereocenters. The number of para-hydroxylation sites is 1. The third kappa shape index (κ3) is 7.40. The van der Waals surface area contributed by atoms with Gasteiger partial charge in [-0.15, -0.1) is 0 Å². The van der Waals surface area contributed by atoms with Crippen LogP contribution >= 0.6 is 0 Å². The average Bonchev–Trinajstić information content (AvgIpc) is 3.55. The lowest BCUT2D eigenvalue weighted by atomic mass is 9.99. The lowest BCUT2D eigenvalue weighted by Gasteiger charge is -2.22. The van der Waals surface area contributed by atoms with E-state index in [1.54, 1.807) is 13.1 Å². The molecule has 0 aliphatic carbocycles. The minimum absolute atomic E-state index is 0.0869. The van der Waals surface area contributed by atoms with Crippen molar-refractivity contribution in [2.75, 3.05) is 6.54 Å². The van der Waals surface area contributed by atoms with Crippen LogP contribution in [-0.2, 0) is 32.0 Å². The molecular formula is C25H33N7O5. The van der Waals surface area contributed by atoms with Gasteiger partial charge in [0.25, 0.3) is 0 Å². The number of hydrogen-bond donors (Lipinski definition) is 7. The Kier molecular flexibility index (Phi) is 9.39. The molecule has 3 aromatic rings. The van der Waals surface area contributed by atoms with Gasteiger partial charge >= 0.3 is 5.97 Å². The fraction of sp³-hybridized carbons (Fsp3) is 0.400. The van der Waals surface area contributed by atoms with E-state index in [2.05, 4.69) is 30.9 Å². The number of rotatable bonds is 13. The molecule has 2 heterocycles. The van der Waals surface area contributed by atoms with E-state index in [9.17, 15) is 24.3 Å². The second-order valence-electron chi connectivity index (χ2n) is 9.00. The maximum Gasteiger partial charge on any atom is 0.326 e. The molecule has 0 aliphatic rings. The van der Waals surface area contributed by atoms with E-state index in [-0.39, 0.29) is 18.8 Å². The van der Waals surface area contributed by atoms with Crippen LogP contribution in [0.15, 0.2) is 43.0 Å². The number of carboxylic acid groups (broad SMARTS) is 1. The highest BCUT2D eigenvalue weighted by Gasteiger charge is 2.28. The van der Waals surface area contributed by atoms with Crippen LogP contribution in [0.4, 0.5) is 0 Å². The Morgan fingerprint density at radius 3 is 2.51 bits per heavy atom. The highest BCUT2D eigenvalue weighted by Crippen LogP contribution is 2.18. The molecule has 198 valence electrons. The Morgan fingerprint density at radius 2 is 1.84 bits per heavy atom. The Balaban J connectivity index is 1.62. The summed E-state index contributed by atoms with van der Waals surface area (Å²) in [5.41, 5.74) is 8.57. The summed E-state index contributed by atoms with van der Waals surface area (Å²) in [6.45, 7) is 3.09. The van der Waals surface area contributed by atoms with Crippen molar-refractivity contribution in [2.45, 2.75) is 51.2 Å². The number of aliphatic carboxylic acids is 1. The molecule has 3 rings (SSSR count). The Labute approximate surface area is 213 Å². The first-order valence-corrected chi connectivity index (χ1v) is 12.1. The van der Waals surface area contributed by atoms with E-state index in [4.69, 9.17) is 5.73 Å². The lowest BCUT2D eigenvalue weighted by molar-refractivity contribution is -0.143. The fourth-order valence-electron chi connectivity index (χ4n) is 3.93. The zero-order valence-electron chi connectivity index (χ0n) is 20.8. The van der Waals surface area contributed by atoms with E-state index in [0.29, 0.717) is 12.1 Å². The summed E-state index contributed by atoms with van der Waals surface area (Å²) in [6, 6.07) is 4.62. The van der Waals surface area contributed by atoms with Crippen molar-refractivity contribution in [3.05, 3.63) is 54.2 Å². The van der Waals surface area contributed by atoms with Gasteiger partial charge in [-0.25, -0.2) is 9.78 Å². The maximum absolute atomic E-state index is 12.9. The number of hydrogen-bond acceptors (Lipinski definition) is 6. The smallest absolute Gasteiger partial charge is 0.326 e. The van der Waals surface area contributed by atoms with Crippen molar-refractivity contribution < 1.29 is 24.3 Å². The molecule has 4 atom stereocenters. The number of aromatic amines is 2. The van der Waals surface area contributed by atoms with Crippen LogP contribution in [0.1, 0.15) is 31.5 Å². The minimum Gasteiger partial charge on any atom is -0.480 e. The van der Waals surface area contributed by atoms with E-state index < -0.39 is 48.4 Å². The fourth-order valence-corrected chi connectivity index (χ4v) is 3.93. The Hall–Kier alpha value is -4.19. The molecule has 0 fully saturated rings. The van der Waals surface area contributed by atoms with Gasteiger partial charge in [0.15, 0.2) is 0 Å². The molecule has 3 amide bonds. The number of nitrogens with two attached hydrogens (primary N) is 1. The van der Waals surface area contributed by atoms with Crippen LogP contribution < -0.4 is 21.7 Å². The maximum atomic E-state index is 12.9. The van der Waals surface area contributed by atoms with Crippen molar-refractivity contribution in [2.24, 2.45) is 11.7 Å². The first-order valence-electron chi connectivity index (χ1n) is 12.1. The SMILES string of the molecule is CCC(C)C(NC(=O)CNC(=O)C(Cc1cnc[nH]1)NC(=O)C(N)Cc1c[nH]c2ccccc12)C(=O)O.